The second kappa shape index (κ2) is 6.71. The molecule has 1 aliphatic rings. The maximum Gasteiger partial charge on any atom is 0.253 e. The van der Waals surface area contributed by atoms with Gasteiger partial charge < -0.3 is 9.47 Å². The molecule has 0 N–H and O–H groups in total. The first kappa shape index (κ1) is 16.6. The van der Waals surface area contributed by atoms with Gasteiger partial charge in [0.25, 0.3) is 5.91 Å². The Hall–Kier alpha value is -2.24. The Labute approximate surface area is 140 Å². The van der Waals surface area contributed by atoms with Crippen LogP contribution in [0.25, 0.3) is 0 Å². The number of imidazole rings is 1. The van der Waals surface area contributed by atoms with Crippen molar-refractivity contribution in [3.8, 4) is 0 Å². The molecule has 0 bridgehead atoms. The van der Waals surface area contributed by atoms with Crippen LogP contribution in [-0.2, 0) is 0 Å². The van der Waals surface area contributed by atoms with Crippen LogP contribution >= 0.6 is 0 Å². The summed E-state index contributed by atoms with van der Waals surface area (Å²) < 4.78 is 28.6. The second-order valence-electron chi connectivity index (χ2n) is 6.51. The van der Waals surface area contributed by atoms with E-state index >= 15 is 0 Å². The molecule has 1 amide bonds. The van der Waals surface area contributed by atoms with Crippen LogP contribution in [-0.4, -0.2) is 33.4 Å². The smallest absolute Gasteiger partial charge is 0.253 e. The van der Waals surface area contributed by atoms with Crippen molar-refractivity contribution >= 4 is 5.91 Å². The van der Waals surface area contributed by atoms with E-state index in [1.54, 1.807) is 11.1 Å². The molecule has 1 atom stereocenters. The summed E-state index contributed by atoms with van der Waals surface area (Å²) in [6.07, 6.45) is 5.57. The van der Waals surface area contributed by atoms with Crippen LogP contribution in [0.5, 0.6) is 0 Å². The average molecular weight is 333 g/mol. The van der Waals surface area contributed by atoms with Crippen molar-refractivity contribution in [2.24, 2.45) is 0 Å². The van der Waals surface area contributed by atoms with E-state index in [2.05, 4.69) is 23.4 Å². The third-order valence-electron chi connectivity index (χ3n) is 4.50. The Morgan fingerprint density at radius 2 is 2.08 bits per heavy atom. The van der Waals surface area contributed by atoms with E-state index in [9.17, 15) is 13.6 Å². The molecule has 0 aliphatic carbocycles. The van der Waals surface area contributed by atoms with Crippen molar-refractivity contribution in [2.75, 3.05) is 13.1 Å². The summed E-state index contributed by atoms with van der Waals surface area (Å²) in [6, 6.07) is 3.60. The fraction of sp³-hybridized carbons (Fsp3) is 0.444. The molecular weight excluding hydrogens is 312 g/mol. The van der Waals surface area contributed by atoms with Gasteiger partial charge in [0.05, 0.1) is 0 Å². The Morgan fingerprint density at radius 1 is 1.29 bits per heavy atom. The monoisotopic (exact) mass is 333 g/mol. The zero-order valence-corrected chi connectivity index (χ0v) is 13.9. The summed E-state index contributed by atoms with van der Waals surface area (Å²) in [5.74, 6) is -1.06. The van der Waals surface area contributed by atoms with Gasteiger partial charge in [-0.1, -0.05) is 0 Å². The van der Waals surface area contributed by atoms with E-state index in [4.69, 9.17) is 0 Å². The molecule has 0 saturated carbocycles. The number of amides is 1. The highest BCUT2D eigenvalue weighted by Crippen LogP contribution is 2.28. The van der Waals surface area contributed by atoms with Crippen molar-refractivity contribution in [2.45, 2.75) is 38.6 Å². The lowest BCUT2D eigenvalue weighted by atomic mass is 9.96. The molecule has 2 heterocycles. The third-order valence-corrected chi connectivity index (χ3v) is 4.50. The van der Waals surface area contributed by atoms with Crippen molar-refractivity contribution < 1.29 is 13.6 Å². The number of rotatable bonds is 3. The highest BCUT2D eigenvalue weighted by atomic mass is 19.2. The molecule has 4 nitrogen and oxygen atoms in total. The molecule has 0 radical (unpaired) electrons. The number of likely N-dealkylation sites (tertiary alicyclic amines) is 1. The van der Waals surface area contributed by atoms with Crippen LogP contribution in [0.4, 0.5) is 8.78 Å². The Bertz CT molecular complexity index is 742. The van der Waals surface area contributed by atoms with Crippen molar-refractivity contribution in [1.82, 2.24) is 14.5 Å². The standard InChI is InChI=1S/C18H21F2N3O/c1-12(2)23-9-7-21-17(23)14-4-3-8-22(11-14)18(24)13-5-6-15(19)16(20)10-13/h5-7,9-10,12,14H,3-4,8,11H2,1-2H3/t14-/m1/s1. The summed E-state index contributed by atoms with van der Waals surface area (Å²) in [6.45, 7) is 5.36. The van der Waals surface area contributed by atoms with Gasteiger partial charge in [-0.15, -0.1) is 0 Å². The molecule has 2 aromatic rings. The van der Waals surface area contributed by atoms with E-state index in [0.29, 0.717) is 19.1 Å². The van der Waals surface area contributed by atoms with Crippen LogP contribution in [0.15, 0.2) is 30.6 Å². The fourth-order valence-corrected chi connectivity index (χ4v) is 3.26. The number of carbonyl (C=O) groups excluding carboxylic acids is 1. The predicted molar refractivity (Wildman–Crippen MR) is 86.8 cm³/mol. The minimum Gasteiger partial charge on any atom is -0.338 e. The van der Waals surface area contributed by atoms with E-state index < -0.39 is 11.6 Å². The Morgan fingerprint density at radius 3 is 2.79 bits per heavy atom. The molecule has 128 valence electrons. The minimum atomic E-state index is -0.996. The number of hydrogen-bond acceptors (Lipinski definition) is 2. The SMILES string of the molecule is CC(C)n1ccnc1[C@@H]1CCCN(C(=O)c2ccc(F)c(F)c2)C1. The van der Waals surface area contributed by atoms with Crippen LogP contribution in [0.3, 0.4) is 0 Å². The first-order valence-corrected chi connectivity index (χ1v) is 8.24. The van der Waals surface area contributed by atoms with Gasteiger partial charge in [-0.05, 0) is 44.9 Å². The van der Waals surface area contributed by atoms with Crippen LogP contribution < -0.4 is 0 Å². The van der Waals surface area contributed by atoms with Gasteiger partial charge in [0.15, 0.2) is 11.6 Å². The third kappa shape index (κ3) is 3.18. The number of aromatic nitrogens is 2. The van der Waals surface area contributed by atoms with Gasteiger partial charge in [-0.3, -0.25) is 4.79 Å². The zero-order valence-electron chi connectivity index (χ0n) is 13.9. The predicted octanol–water partition coefficient (Wildman–Crippen LogP) is 3.76. The Kier molecular flexibility index (Phi) is 4.64. The van der Waals surface area contributed by atoms with Crippen molar-refractivity contribution in [3.05, 3.63) is 53.6 Å². The zero-order chi connectivity index (χ0) is 17.3. The molecule has 1 fully saturated rings. The molecule has 1 aliphatic heterocycles. The highest BCUT2D eigenvalue weighted by Gasteiger charge is 2.28. The van der Waals surface area contributed by atoms with Crippen LogP contribution in [0.1, 0.15) is 54.8 Å². The number of benzene rings is 1. The van der Waals surface area contributed by atoms with Crippen molar-refractivity contribution in [3.63, 3.8) is 0 Å². The van der Waals surface area contributed by atoms with Crippen molar-refractivity contribution in [1.29, 1.82) is 0 Å². The molecule has 1 aromatic heterocycles. The second-order valence-corrected chi connectivity index (χ2v) is 6.51. The minimum absolute atomic E-state index is 0.158. The fourth-order valence-electron chi connectivity index (χ4n) is 3.26. The lowest BCUT2D eigenvalue weighted by Gasteiger charge is -2.33. The molecule has 3 rings (SSSR count). The largest absolute Gasteiger partial charge is 0.338 e. The molecule has 6 heteroatoms. The Balaban J connectivity index is 1.79. The molecule has 24 heavy (non-hydrogen) atoms. The lowest BCUT2D eigenvalue weighted by Crippen LogP contribution is -2.39. The van der Waals surface area contributed by atoms with E-state index in [-0.39, 0.29) is 17.4 Å². The molecular formula is C18H21F2N3O. The molecule has 1 aromatic carbocycles. The highest BCUT2D eigenvalue weighted by molar-refractivity contribution is 5.94. The van der Waals surface area contributed by atoms with Gasteiger partial charge in [-0.25, -0.2) is 13.8 Å². The number of piperidine rings is 1. The number of carbonyl (C=O) groups is 1. The number of nitrogens with zero attached hydrogens (tertiary/aromatic N) is 3. The first-order valence-electron chi connectivity index (χ1n) is 8.24. The summed E-state index contributed by atoms with van der Waals surface area (Å²) in [5, 5.41) is 0. The number of halogens is 2. The van der Waals surface area contributed by atoms with Crippen LogP contribution in [0, 0.1) is 11.6 Å². The average Bonchev–Trinajstić information content (AvgIpc) is 3.07. The van der Waals surface area contributed by atoms with E-state index in [1.165, 1.54) is 6.07 Å². The normalized spacial score (nSPS) is 18.2. The summed E-state index contributed by atoms with van der Waals surface area (Å²) in [7, 11) is 0. The molecule has 0 spiro atoms. The summed E-state index contributed by atoms with van der Waals surface area (Å²) in [5.41, 5.74) is 0.182. The maximum absolute atomic E-state index is 13.4. The molecule has 0 unspecified atom stereocenters. The number of hydrogen-bond donors (Lipinski definition) is 0. The van der Waals surface area contributed by atoms with Gasteiger partial charge in [0.2, 0.25) is 0 Å². The summed E-state index contributed by atoms with van der Waals surface area (Å²) >= 11 is 0. The maximum atomic E-state index is 13.4. The quantitative estimate of drug-likeness (QED) is 0.858. The van der Waals surface area contributed by atoms with Gasteiger partial charge >= 0.3 is 0 Å². The summed E-state index contributed by atoms with van der Waals surface area (Å²) in [4.78, 5) is 18.8. The topological polar surface area (TPSA) is 38.1 Å². The lowest BCUT2D eigenvalue weighted by molar-refractivity contribution is 0.0702. The molecule has 1 saturated heterocycles. The van der Waals surface area contributed by atoms with Gasteiger partial charge in [0, 0.05) is 43.0 Å². The van der Waals surface area contributed by atoms with Gasteiger partial charge in [0.1, 0.15) is 5.82 Å². The van der Waals surface area contributed by atoms with E-state index in [0.717, 1.165) is 30.8 Å². The van der Waals surface area contributed by atoms with Crippen LogP contribution in [0.2, 0.25) is 0 Å². The van der Waals surface area contributed by atoms with Gasteiger partial charge in [-0.2, -0.15) is 0 Å². The van der Waals surface area contributed by atoms with E-state index in [1.807, 2.05) is 6.20 Å². The first-order chi connectivity index (χ1) is 11.5.